The molecule has 0 spiro atoms. The van der Waals surface area contributed by atoms with Crippen LogP contribution >= 0.6 is 0 Å². The summed E-state index contributed by atoms with van der Waals surface area (Å²) in [5.74, 6) is -0.758. The molecule has 0 radical (unpaired) electrons. The van der Waals surface area contributed by atoms with Gasteiger partial charge in [-0.25, -0.2) is 13.4 Å². The maximum Gasteiger partial charge on any atom is 0.271 e. The molecule has 0 saturated heterocycles. The Morgan fingerprint density at radius 1 is 1.11 bits per heavy atom. The highest BCUT2D eigenvalue weighted by atomic mass is 32.2. The van der Waals surface area contributed by atoms with E-state index in [1.807, 2.05) is 26.8 Å². The highest BCUT2D eigenvalue weighted by molar-refractivity contribution is 7.91. The van der Waals surface area contributed by atoms with Crippen molar-refractivity contribution in [2.75, 3.05) is 37.1 Å². The summed E-state index contributed by atoms with van der Waals surface area (Å²) in [5.41, 5.74) is 2.43. The van der Waals surface area contributed by atoms with Gasteiger partial charge in [0, 0.05) is 26.3 Å². The molecule has 2 aromatic heterocycles. The Morgan fingerprint density at radius 3 is 2.43 bits per heavy atom. The van der Waals surface area contributed by atoms with Crippen LogP contribution in [-0.2, 0) is 28.0 Å². The van der Waals surface area contributed by atoms with Crippen molar-refractivity contribution >= 4 is 38.4 Å². The topological polar surface area (TPSA) is 129 Å². The van der Waals surface area contributed by atoms with Crippen LogP contribution in [0.1, 0.15) is 47.3 Å². The summed E-state index contributed by atoms with van der Waals surface area (Å²) in [4.78, 5) is 30.8. The van der Waals surface area contributed by atoms with Gasteiger partial charge in [0.2, 0.25) is 0 Å². The number of nitrogens with zero attached hydrogens (tertiary/aromatic N) is 2. The van der Waals surface area contributed by atoms with Gasteiger partial charge in [-0.2, -0.15) is 0 Å². The van der Waals surface area contributed by atoms with E-state index >= 15 is 0 Å². The van der Waals surface area contributed by atoms with E-state index in [1.165, 1.54) is 7.11 Å². The molecule has 10 nitrogen and oxygen atoms in total. The molecule has 0 atom stereocenters. The van der Waals surface area contributed by atoms with E-state index in [2.05, 4.69) is 10.6 Å². The molecule has 0 unspecified atom stereocenters. The molecular weight excluding hydrogens is 496 g/mol. The third-order valence-corrected chi connectivity index (χ3v) is 7.29. The fourth-order valence-electron chi connectivity index (χ4n) is 3.84. The molecule has 0 bridgehead atoms. The van der Waals surface area contributed by atoms with Crippen molar-refractivity contribution < 1.29 is 27.5 Å². The van der Waals surface area contributed by atoms with Crippen LogP contribution in [0, 0.1) is 0 Å². The van der Waals surface area contributed by atoms with Crippen LogP contribution in [-0.4, -0.2) is 67.7 Å². The second kappa shape index (κ2) is 12.2. The highest BCUT2D eigenvalue weighted by Crippen LogP contribution is 2.35. The zero-order valence-corrected chi connectivity index (χ0v) is 22.6. The Kier molecular flexibility index (Phi) is 9.28. The first-order valence-corrected chi connectivity index (χ1v) is 13.9. The minimum atomic E-state index is -3.36. The maximum atomic E-state index is 13.2. The lowest BCUT2D eigenvalue weighted by Crippen LogP contribution is -2.32. The third-order valence-electron chi connectivity index (χ3n) is 5.68. The maximum absolute atomic E-state index is 13.2. The molecule has 0 aliphatic carbocycles. The van der Waals surface area contributed by atoms with E-state index in [0.717, 1.165) is 0 Å². The summed E-state index contributed by atoms with van der Waals surface area (Å²) in [5, 5.41) is 6.18. The number of anilines is 1. The van der Waals surface area contributed by atoms with E-state index in [9.17, 15) is 18.0 Å². The van der Waals surface area contributed by atoms with Gasteiger partial charge in [0.05, 0.1) is 41.0 Å². The second-order valence-corrected chi connectivity index (χ2v) is 11.1. The lowest BCUT2D eigenvalue weighted by Gasteiger charge is -2.13. The number of nitrogens with one attached hydrogen (secondary N) is 2. The Morgan fingerprint density at radius 2 is 1.81 bits per heavy atom. The average Bonchev–Trinajstić information content (AvgIpc) is 3.12. The third kappa shape index (κ3) is 6.86. The number of fused-ring (bicyclic) bond motifs is 1. The molecule has 3 rings (SSSR count). The van der Waals surface area contributed by atoms with Crippen molar-refractivity contribution in [2.24, 2.45) is 7.05 Å². The predicted octanol–water partition coefficient (Wildman–Crippen LogP) is 2.97. The average molecular weight is 531 g/mol. The molecule has 0 saturated carbocycles. The van der Waals surface area contributed by atoms with Crippen LogP contribution in [0.5, 0.6) is 5.75 Å². The van der Waals surface area contributed by atoms with Gasteiger partial charge in [0.15, 0.2) is 21.3 Å². The quantitative estimate of drug-likeness (QED) is 0.368. The van der Waals surface area contributed by atoms with Crippen LogP contribution in [0.4, 0.5) is 5.69 Å². The summed E-state index contributed by atoms with van der Waals surface area (Å²) < 4.78 is 36.8. The molecule has 11 heteroatoms. The minimum Gasteiger partial charge on any atom is -0.488 e. The van der Waals surface area contributed by atoms with Crippen molar-refractivity contribution in [3.8, 4) is 5.75 Å². The van der Waals surface area contributed by atoms with Gasteiger partial charge in [-0.05, 0) is 38.5 Å². The van der Waals surface area contributed by atoms with Crippen molar-refractivity contribution in [3.05, 3.63) is 53.3 Å². The van der Waals surface area contributed by atoms with Gasteiger partial charge in [0.1, 0.15) is 5.65 Å². The van der Waals surface area contributed by atoms with Crippen molar-refractivity contribution in [2.45, 2.75) is 33.3 Å². The number of hydrogen-bond donors (Lipinski definition) is 2. The molecule has 0 aliphatic heterocycles. The molecule has 1 aromatic carbocycles. The SMILES string of the molecule is CCc1nc2c(cc1NC(=O)c1ccccc1)c(OC(C)C)c(C(=O)NCCS(=O)(=O)CCOC)n2C. The van der Waals surface area contributed by atoms with Gasteiger partial charge in [0.25, 0.3) is 11.8 Å². The number of amides is 2. The van der Waals surface area contributed by atoms with Gasteiger partial charge in [-0.15, -0.1) is 0 Å². The molecule has 200 valence electrons. The molecule has 2 N–H and O–H groups in total. The molecular formula is C26H34N4O6S. The van der Waals surface area contributed by atoms with E-state index in [1.54, 1.807) is 41.9 Å². The summed E-state index contributed by atoms with van der Waals surface area (Å²) >= 11 is 0. The van der Waals surface area contributed by atoms with E-state index < -0.39 is 15.7 Å². The van der Waals surface area contributed by atoms with E-state index in [4.69, 9.17) is 14.5 Å². The van der Waals surface area contributed by atoms with Crippen molar-refractivity contribution in [1.82, 2.24) is 14.9 Å². The normalized spacial score (nSPS) is 11.6. The van der Waals surface area contributed by atoms with E-state index in [-0.39, 0.29) is 42.4 Å². The molecule has 2 heterocycles. The number of rotatable bonds is 12. The van der Waals surface area contributed by atoms with Gasteiger partial charge in [-0.3, -0.25) is 9.59 Å². The van der Waals surface area contributed by atoms with Gasteiger partial charge in [-0.1, -0.05) is 25.1 Å². The number of methoxy groups -OCH3 is 1. The number of aromatic nitrogens is 2. The lowest BCUT2D eigenvalue weighted by atomic mass is 10.1. The molecule has 0 aliphatic rings. The first-order chi connectivity index (χ1) is 17.6. The molecule has 2 amide bonds. The number of carbonyl (C=O) groups is 2. The predicted molar refractivity (Wildman–Crippen MR) is 143 cm³/mol. The van der Waals surface area contributed by atoms with Crippen LogP contribution in [0.25, 0.3) is 11.0 Å². The highest BCUT2D eigenvalue weighted by Gasteiger charge is 2.26. The summed E-state index contributed by atoms with van der Waals surface area (Å²) in [7, 11) is -0.227. The summed E-state index contributed by atoms with van der Waals surface area (Å²) in [6, 6.07) is 10.6. The van der Waals surface area contributed by atoms with Crippen LogP contribution in [0.3, 0.4) is 0 Å². The standard InChI is InChI=1S/C26H34N4O6S/c1-6-20-21(29-25(31)18-10-8-7-9-11-18)16-19-23(36-17(2)3)22(30(4)24(19)28-20)26(32)27-12-14-37(33,34)15-13-35-5/h7-11,16-17H,6,12-15H2,1-5H3,(H,27,32)(H,29,31). The smallest absolute Gasteiger partial charge is 0.271 e. The Labute approximate surface area is 217 Å². The number of ether oxygens (including phenoxy) is 2. The van der Waals surface area contributed by atoms with Crippen LogP contribution < -0.4 is 15.4 Å². The van der Waals surface area contributed by atoms with Crippen LogP contribution in [0.2, 0.25) is 0 Å². The number of aryl methyl sites for hydroxylation is 2. The molecule has 0 fully saturated rings. The summed E-state index contributed by atoms with van der Waals surface area (Å²) in [6.07, 6.45) is 0.298. The number of sulfone groups is 1. The summed E-state index contributed by atoms with van der Waals surface area (Å²) in [6.45, 7) is 5.65. The number of carbonyl (C=O) groups excluding carboxylic acids is 2. The Balaban J connectivity index is 1.97. The largest absolute Gasteiger partial charge is 0.488 e. The first-order valence-electron chi connectivity index (χ1n) is 12.1. The zero-order valence-electron chi connectivity index (χ0n) is 21.8. The second-order valence-electron chi connectivity index (χ2n) is 8.83. The number of hydrogen-bond acceptors (Lipinski definition) is 7. The Hall–Kier alpha value is -3.44. The first kappa shape index (κ1) is 28.1. The number of benzene rings is 1. The minimum absolute atomic E-state index is 0.0560. The fourth-order valence-corrected chi connectivity index (χ4v) is 4.88. The van der Waals surface area contributed by atoms with Gasteiger partial charge >= 0.3 is 0 Å². The van der Waals surface area contributed by atoms with Crippen molar-refractivity contribution in [1.29, 1.82) is 0 Å². The fraction of sp³-hybridized carbons (Fsp3) is 0.423. The van der Waals surface area contributed by atoms with Crippen LogP contribution in [0.15, 0.2) is 36.4 Å². The lowest BCUT2D eigenvalue weighted by molar-refractivity contribution is 0.0941. The van der Waals surface area contributed by atoms with E-state index in [0.29, 0.717) is 40.1 Å². The van der Waals surface area contributed by atoms with Crippen molar-refractivity contribution in [3.63, 3.8) is 0 Å². The molecule has 3 aromatic rings. The molecule has 37 heavy (non-hydrogen) atoms. The number of pyridine rings is 1. The zero-order chi connectivity index (χ0) is 27.2. The Bertz CT molecular complexity index is 1370. The monoisotopic (exact) mass is 530 g/mol. The van der Waals surface area contributed by atoms with Gasteiger partial charge < -0.3 is 24.7 Å².